The number of hydrogen-bond acceptors (Lipinski definition) is 8. The third-order valence-corrected chi connectivity index (χ3v) is 4.29. The lowest BCUT2D eigenvalue weighted by molar-refractivity contribution is -0.145. The number of carbonyl (C=O) groups is 2. The number of ether oxygens (including phenoxy) is 6. The third kappa shape index (κ3) is 4.32. The summed E-state index contributed by atoms with van der Waals surface area (Å²) in [5, 5.41) is 0. The van der Waals surface area contributed by atoms with Crippen LogP contribution < -0.4 is 23.7 Å². The van der Waals surface area contributed by atoms with Crippen molar-refractivity contribution >= 4 is 17.8 Å². The van der Waals surface area contributed by atoms with Gasteiger partial charge in [-0.25, -0.2) is 4.79 Å². The van der Waals surface area contributed by atoms with Gasteiger partial charge in [0.15, 0.2) is 23.9 Å². The lowest BCUT2D eigenvalue weighted by atomic mass is 10.1. The Kier molecular flexibility index (Phi) is 6.46. The Labute approximate surface area is 173 Å². The zero-order valence-electron chi connectivity index (χ0n) is 17.1. The molecule has 0 fully saturated rings. The molecule has 0 spiro atoms. The van der Waals surface area contributed by atoms with Gasteiger partial charge in [-0.1, -0.05) is 0 Å². The largest absolute Gasteiger partial charge is 0.493 e. The predicted octanol–water partition coefficient (Wildman–Crippen LogP) is 3.27. The minimum atomic E-state index is -0.474. The normalized spacial score (nSPS) is 13.5. The highest BCUT2D eigenvalue weighted by atomic mass is 16.6. The summed E-state index contributed by atoms with van der Waals surface area (Å²) < 4.78 is 31.9. The van der Waals surface area contributed by atoms with Crippen molar-refractivity contribution < 1.29 is 38.0 Å². The molecule has 1 aliphatic rings. The zero-order valence-corrected chi connectivity index (χ0v) is 17.1. The number of carbonyl (C=O) groups excluding carboxylic acids is 2. The van der Waals surface area contributed by atoms with Gasteiger partial charge in [-0.15, -0.1) is 0 Å². The van der Waals surface area contributed by atoms with Crippen molar-refractivity contribution in [3.63, 3.8) is 0 Å². The summed E-state index contributed by atoms with van der Waals surface area (Å²) in [5.74, 6) is 1.51. The van der Waals surface area contributed by atoms with Crippen LogP contribution in [-0.4, -0.2) is 46.3 Å². The molecule has 158 valence electrons. The fraction of sp³-hybridized carbons (Fsp3) is 0.273. The topological polar surface area (TPSA) is 89.5 Å². The minimum Gasteiger partial charge on any atom is -0.493 e. The van der Waals surface area contributed by atoms with E-state index in [0.717, 1.165) is 0 Å². The van der Waals surface area contributed by atoms with Gasteiger partial charge < -0.3 is 28.4 Å². The van der Waals surface area contributed by atoms with Crippen LogP contribution in [0.4, 0.5) is 0 Å². The number of methoxy groups -OCH3 is 3. The molecule has 2 aromatic rings. The van der Waals surface area contributed by atoms with Gasteiger partial charge in [-0.05, 0) is 42.8 Å². The molecule has 0 saturated carbocycles. The van der Waals surface area contributed by atoms with Crippen molar-refractivity contribution in [2.24, 2.45) is 0 Å². The van der Waals surface area contributed by atoms with Crippen LogP contribution in [0.25, 0.3) is 6.08 Å². The maximum Gasteiger partial charge on any atom is 0.344 e. The quantitative estimate of drug-likeness (QED) is 0.480. The van der Waals surface area contributed by atoms with E-state index in [0.29, 0.717) is 39.9 Å². The SMILES string of the molecule is CCOC(=O)COc1ccc2c(c1)OC(=Cc1cc(OC)c(OC)c(OC)c1)C2=O. The molecule has 0 N–H and O–H groups in total. The van der Waals surface area contributed by atoms with E-state index in [2.05, 4.69) is 0 Å². The van der Waals surface area contributed by atoms with Crippen molar-refractivity contribution in [3.05, 3.63) is 47.2 Å². The standard InChI is InChI=1S/C22H22O8/c1-5-28-20(23)12-29-14-6-7-15-16(11-14)30-17(21(15)24)8-13-9-18(25-2)22(27-4)19(10-13)26-3/h6-11H,5,12H2,1-4H3. The number of ketones is 1. The number of allylic oxidation sites excluding steroid dienone is 1. The second-order valence-corrected chi connectivity index (χ2v) is 6.15. The summed E-state index contributed by atoms with van der Waals surface area (Å²) in [4.78, 5) is 24.1. The average molecular weight is 414 g/mol. The lowest BCUT2D eigenvalue weighted by Crippen LogP contribution is -2.14. The highest BCUT2D eigenvalue weighted by Crippen LogP contribution is 2.40. The fourth-order valence-corrected chi connectivity index (χ4v) is 2.94. The van der Waals surface area contributed by atoms with Crippen LogP contribution in [0.15, 0.2) is 36.1 Å². The van der Waals surface area contributed by atoms with Gasteiger partial charge in [0.25, 0.3) is 0 Å². The monoisotopic (exact) mass is 414 g/mol. The maximum atomic E-state index is 12.7. The number of fused-ring (bicyclic) bond motifs is 1. The first kappa shape index (κ1) is 21.0. The molecule has 8 heteroatoms. The van der Waals surface area contributed by atoms with Gasteiger partial charge in [-0.2, -0.15) is 0 Å². The first-order valence-corrected chi connectivity index (χ1v) is 9.17. The Morgan fingerprint density at radius 3 is 2.33 bits per heavy atom. The Balaban J connectivity index is 1.84. The molecule has 1 heterocycles. The summed E-state index contributed by atoms with van der Waals surface area (Å²) in [6, 6.07) is 8.17. The van der Waals surface area contributed by atoms with Gasteiger partial charge in [0.2, 0.25) is 11.5 Å². The number of hydrogen-bond donors (Lipinski definition) is 0. The van der Waals surface area contributed by atoms with Crippen LogP contribution >= 0.6 is 0 Å². The number of rotatable bonds is 8. The highest BCUT2D eigenvalue weighted by molar-refractivity contribution is 6.14. The summed E-state index contributed by atoms with van der Waals surface area (Å²) in [6.45, 7) is 1.77. The van der Waals surface area contributed by atoms with E-state index < -0.39 is 5.97 Å². The number of benzene rings is 2. The van der Waals surface area contributed by atoms with Crippen LogP contribution in [0.5, 0.6) is 28.7 Å². The van der Waals surface area contributed by atoms with E-state index in [9.17, 15) is 9.59 Å². The first-order valence-electron chi connectivity index (χ1n) is 9.17. The molecule has 0 aromatic heterocycles. The number of Topliss-reactive ketones (excluding diaryl/α,β-unsaturated/α-hetero) is 1. The molecular weight excluding hydrogens is 392 g/mol. The second-order valence-electron chi connectivity index (χ2n) is 6.15. The molecule has 8 nitrogen and oxygen atoms in total. The van der Waals surface area contributed by atoms with Crippen molar-refractivity contribution in [1.82, 2.24) is 0 Å². The highest BCUT2D eigenvalue weighted by Gasteiger charge is 2.28. The van der Waals surface area contributed by atoms with E-state index in [1.54, 1.807) is 43.3 Å². The third-order valence-electron chi connectivity index (χ3n) is 4.29. The maximum absolute atomic E-state index is 12.7. The summed E-state index contributed by atoms with van der Waals surface area (Å²) in [7, 11) is 4.54. The molecule has 30 heavy (non-hydrogen) atoms. The van der Waals surface area contributed by atoms with Crippen molar-refractivity contribution in [2.75, 3.05) is 34.5 Å². The van der Waals surface area contributed by atoms with Gasteiger partial charge >= 0.3 is 5.97 Å². The summed E-state index contributed by atoms with van der Waals surface area (Å²) in [6.07, 6.45) is 1.59. The molecule has 0 bridgehead atoms. The van der Waals surface area contributed by atoms with Crippen molar-refractivity contribution in [1.29, 1.82) is 0 Å². The zero-order chi connectivity index (χ0) is 21.7. The molecule has 3 rings (SSSR count). The molecule has 0 atom stereocenters. The van der Waals surface area contributed by atoms with E-state index in [1.165, 1.54) is 21.3 Å². The molecule has 0 saturated heterocycles. The van der Waals surface area contributed by atoms with E-state index in [-0.39, 0.29) is 24.8 Å². The molecular formula is C22H22O8. The molecule has 0 amide bonds. The van der Waals surface area contributed by atoms with Crippen LogP contribution in [-0.2, 0) is 9.53 Å². The Morgan fingerprint density at radius 1 is 1.03 bits per heavy atom. The summed E-state index contributed by atoms with van der Waals surface area (Å²) >= 11 is 0. The van der Waals surface area contributed by atoms with E-state index in [1.807, 2.05) is 0 Å². The van der Waals surface area contributed by atoms with Crippen LogP contribution in [0.3, 0.4) is 0 Å². The lowest BCUT2D eigenvalue weighted by Gasteiger charge is -2.13. The van der Waals surface area contributed by atoms with Crippen LogP contribution in [0, 0.1) is 0 Å². The van der Waals surface area contributed by atoms with Gasteiger partial charge in [0, 0.05) is 6.07 Å². The molecule has 0 unspecified atom stereocenters. The average Bonchev–Trinajstić information content (AvgIpc) is 3.06. The Bertz CT molecular complexity index is 968. The van der Waals surface area contributed by atoms with Crippen LogP contribution in [0.1, 0.15) is 22.8 Å². The van der Waals surface area contributed by atoms with Gasteiger partial charge in [-0.3, -0.25) is 4.79 Å². The van der Waals surface area contributed by atoms with E-state index in [4.69, 9.17) is 28.4 Å². The van der Waals surface area contributed by atoms with Crippen molar-refractivity contribution in [2.45, 2.75) is 6.92 Å². The smallest absolute Gasteiger partial charge is 0.344 e. The molecule has 0 aliphatic carbocycles. The van der Waals surface area contributed by atoms with Gasteiger partial charge in [0.1, 0.15) is 11.5 Å². The number of esters is 1. The Morgan fingerprint density at radius 2 is 1.73 bits per heavy atom. The van der Waals surface area contributed by atoms with Gasteiger partial charge in [0.05, 0.1) is 33.5 Å². The Hall–Kier alpha value is -3.68. The molecule has 1 aliphatic heterocycles. The predicted molar refractivity (Wildman–Crippen MR) is 108 cm³/mol. The summed E-state index contributed by atoms with van der Waals surface area (Å²) in [5.41, 5.74) is 1.04. The minimum absolute atomic E-state index is 0.141. The first-order chi connectivity index (χ1) is 14.5. The fourth-order valence-electron chi connectivity index (χ4n) is 2.94. The molecule has 2 aromatic carbocycles. The van der Waals surface area contributed by atoms with E-state index >= 15 is 0 Å². The second kappa shape index (κ2) is 9.21. The molecule has 0 radical (unpaired) electrons. The van der Waals surface area contributed by atoms with Crippen molar-refractivity contribution in [3.8, 4) is 28.7 Å². The van der Waals surface area contributed by atoms with Crippen LogP contribution in [0.2, 0.25) is 0 Å².